The third kappa shape index (κ3) is 3.81. The van der Waals surface area contributed by atoms with Gasteiger partial charge in [0.2, 0.25) is 5.78 Å². The molecule has 0 spiro atoms. The largest absolute Gasteiger partial charge is 0.478 e. The number of ketones is 1. The molecule has 0 bridgehead atoms. The van der Waals surface area contributed by atoms with Gasteiger partial charge in [0.15, 0.2) is 5.76 Å². The van der Waals surface area contributed by atoms with Gasteiger partial charge in [0, 0.05) is 11.8 Å². The summed E-state index contributed by atoms with van der Waals surface area (Å²) in [4.78, 5) is 48.2. The Kier molecular flexibility index (Phi) is 5.50. The molecule has 10 heteroatoms. The second-order valence-electron chi connectivity index (χ2n) is 7.81. The van der Waals surface area contributed by atoms with Crippen molar-refractivity contribution < 1.29 is 24.0 Å². The van der Waals surface area contributed by atoms with Crippen molar-refractivity contribution in [2.75, 3.05) is 0 Å². The SMILES string of the molecule is Cc1cc(-c2ccc(C(=O)c3c(C)[nH]n(-c4ccc(C(=O)O)cc4)c3=O)o2)c([N+](=O)[O-])cc1C. The first-order chi connectivity index (χ1) is 16.1. The van der Waals surface area contributed by atoms with Gasteiger partial charge in [0.1, 0.15) is 11.3 Å². The number of carboxylic acids is 1. The number of H-pyrrole nitrogens is 1. The third-order valence-electron chi connectivity index (χ3n) is 5.57. The maximum atomic E-state index is 13.1. The van der Waals surface area contributed by atoms with Crippen molar-refractivity contribution in [2.45, 2.75) is 20.8 Å². The third-order valence-corrected chi connectivity index (χ3v) is 5.57. The number of aromatic carboxylic acids is 1. The number of rotatable bonds is 6. The van der Waals surface area contributed by atoms with E-state index in [0.717, 1.165) is 15.8 Å². The molecule has 4 aromatic rings. The van der Waals surface area contributed by atoms with Gasteiger partial charge in [-0.2, -0.15) is 0 Å². The second kappa shape index (κ2) is 8.32. The van der Waals surface area contributed by atoms with Crippen LogP contribution in [0.1, 0.15) is 43.3 Å². The summed E-state index contributed by atoms with van der Waals surface area (Å²) in [5, 5.41) is 23.4. The van der Waals surface area contributed by atoms with Crippen molar-refractivity contribution in [2.24, 2.45) is 0 Å². The van der Waals surface area contributed by atoms with Crippen molar-refractivity contribution in [1.29, 1.82) is 0 Å². The molecule has 0 unspecified atom stereocenters. The number of benzene rings is 2. The highest BCUT2D eigenvalue weighted by atomic mass is 16.6. The second-order valence-corrected chi connectivity index (χ2v) is 7.81. The predicted molar refractivity (Wildman–Crippen MR) is 122 cm³/mol. The van der Waals surface area contributed by atoms with E-state index in [-0.39, 0.29) is 39.6 Å². The van der Waals surface area contributed by atoms with Gasteiger partial charge in [0.25, 0.3) is 11.2 Å². The van der Waals surface area contributed by atoms with Crippen molar-refractivity contribution in [3.05, 3.63) is 103 Å². The smallest absolute Gasteiger partial charge is 0.335 e. The lowest BCUT2D eigenvalue weighted by atomic mass is 10.0. The molecule has 0 radical (unpaired) electrons. The van der Waals surface area contributed by atoms with Crippen molar-refractivity contribution in [3.63, 3.8) is 0 Å². The van der Waals surface area contributed by atoms with Crippen LogP contribution in [0.25, 0.3) is 17.0 Å². The molecule has 0 aliphatic carbocycles. The lowest BCUT2D eigenvalue weighted by Gasteiger charge is -2.05. The van der Waals surface area contributed by atoms with Crippen LogP contribution in [0.3, 0.4) is 0 Å². The zero-order valence-electron chi connectivity index (χ0n) is 18.4. The minimum absolute atomic E-state index is 0.0555. The van der Waals surface area contributed by atoms with E-state index in [1.54, 1.807) is 19.9 Å². The average molecular weight is 461 g/mol. The summed E-state index contributed by atoms with van der Waals surface area (Å²) < 4.78 is 6.79. The summed E-state index contributed by atoms with van der Waals surface area (Å²) in [6.45, 7) is 5.12. The number of nitrogens with one attached hydrogen (secondary N) is 1. The highest BCUT2D eigenvalue weighted by Gasteiger charge is 2.26. The average Bonchev–Trinajstić information content (AvgIpc) is 3.39. The molecule has 34 heavy (non-hydrogen) atoms. The van der Waals surface area contributed by atoms with E-state index < -0.39 is 22.2 Å². The van der Waals surface area contributed by atoms with Crippen molar-refractivity contribution in [1.82, 2.24) is 9.78 Å². The number of hydrogen-bond donors (Lipinski definition) is 2. The first-order valence-corrected chi connectivity index (χ1v) is 10.1. The topological polar surface area (TPSA) is 148 Å². The molecule has 0 atom stereocenters. The van der Waals surface area contributed by atoms with Gasteiger partial charge in [-0.1, -0.05) is 0 Å². The Bertz CT molecular complexity index is 1520. The van der Waals surface area contributed by atoms with Crippen LogP contribution in [-0.4, -0.2) is 31.6 Å². The standard InChI is InChI=1S/C24H19N3O7/c1-12-10-17(18(27(32)33)11-13(12)2)19-8-9-20(34-19)22(28)21-14(3)25-26(23(21)29)16-6-4-15(5-7-16)24(30)31/h4-11,25H,1-3H3,(H,30,31). The number of hydrogen-bond acceptors (Lipinski definition) is 6. The van der Waals surface area contributed by atoms with E-state index in [9.17, 15) is 24.5 Å². The van der Waals surface area contributed by atoms with Gasteiger partial charge in [-0.3, -0.25) is 24.8 Å². The lowest BCUT2D eigenvalue weighted by molar-refractivity contribution is -0.384. The maximum absolute atomic E-state index is 13.1. The van der Waals surface area contributed by atoms with Gasteiger partial charge in [0.05, 0.1) is 21.7 Å². The molecule has 0 aliphatic heterocycles. The van der Waals surface area contributed by atoms with E-state index in [4.69, 9.17) is 9.52 Å². The van der Waals surface area contributed by atoms with E-state index >= 15 is 0 Å². The summed E-state index contributed by atoms with van der Waals surface area (Å²) in [5.41, 5.74) is 1.55. The molecule has 2 aromatic carbocycles. The van der Waals surface area contributed by atoms with Gasteiger partial charge >= 0.3 is 5.97 Å². The zero-order chi connectivity index (χ0) is 24.7. The highest BCUT2D eigenvalue weighted by Crippen LogP contribution is 2.34. The Morgan fingerprint density at radius 2 is 1.68 bits per heavy atom. The van der Waals surface area contributed by atoms with Gasteiger partial charge in [-0.05, 0) is 74.4 Å². The zero-order valence-corrected chi connectivity index (χ0v) is 18.4. The molecule has 0 saturated heterocycles. The number of nitrogens with zero attached hydrogens (tertiary/aromatic N) is 2. The number of carbonyl (C=O) groups excluding carboxylic acids is 1. The van der Waals surface area contributed by atoms with Crippen LogP contribution in [0.2, 0.25) is 0 Å². The summed E-state index contributed by atoms with van der Waals surface area (Å²) in [7, 11) is 0. The van der Waals surface area contributed by atoms with Crippen LogP contribution in [0, 0.1) is 30.9 Å². The van der Waals surface area contributed by atoms with Crippen LogP contribution >= 0.6 is 0 Å². The number of carboxylic acid groups (broad SMARTS) is 1. The van der Waals surface area contributed by atoms with Gasteiger partial charge in [-0.25, -0.2) is 9.48 Å². The predicted octanol–water partition coefficient (Wildman–Crippen LogP) is 4.19. The summed E-state index contributed by atoms with van der Waals surface area (Å²) in [6.07, 6.45) is 0. The fourth-order valence-electron chi connectivity index (χ4n) is 3.63. The molecule has 10 nitrogen and oxygen atoms in total. The quantitative estimate of drug-likeness (QED) is 0.248. The van der Waals surface area contributed by atoms with Crippen LogP contribution < -0.4 is 5.56 Å². The number of nitro benzene ring substituents is 1. The molecule has 2 aromatic heterocycles. The maximum Gasteiger partial charge on any atom is 0.335 e. The molecule has 4 rings (SSSR count). The Morgan fingerprint density at radius 3 is 2.29 bits per heavy atom. The van der Waals surface area contributed by atoms with Crippen molar-refractivity contribution >= 4 is 17.4 Å². The Labute approximate surface area is 192 Å². The van der Waals surface area contributed by atoms with Crippen LogP contribution in [-0.2, 0) is 0 Å². The minimum Gasteiger partial charge on any atom is -0.478 e. The van der Waals surface area contributed by atoms with Crippen molar-refractivity contribution in [3.8, 4) is 17.0 Å². The van der Waals surface area contributed by atoms with E-state index in [0.29, 0.717) is 5.69 Å². The first kappa shape index (κ1) is 22.5. The first-order valence-electron chi connectivity index (χ1n) is 10.1. The fourth-order valence-corrected chi connectivity index (χ4v) is 3.63. The van der Waals surface area contributed by atoms with Gasteiger partial charge in [-0.15, -0.1) is 0 Å². The molecular formula is C24H19N3O7. The van der Waals surface area contributed by atoms with Crippen LogP contribution in [0.15, 0.2) is 57.7 Å². The lowest BCUT2D eigenvalue weighted by Crippen LogP contribution is -2.20. The number of nitro groups is 1. The van der Waals surface area contributed by atoms with Gasteiger partial charge < -0.3 is 9.52 Å². The number of aryl methyl sites for hydroxylation is 3. The molecule has 172 valence electrons. The normalized spacial score (nSPS) is 10.9. The number of aromatic nitrogens is 2. The molecule has 2 heterocycles. The van der Waals surface area contributed by atoms with E-state index in [2.05, 4.69) is 5.10 Å². The van der Waals surface area contributed by atoms with Crippen LogP contribution in [0.4, 0.5) is 5.69 Å². The minimum atomic E-state index is -1.10. The monoisotopic (exact) mass is 461 g/mol. The molecule has 0 saturated carbocycles. The Balaban J connectivity index is 1.73. The van der Waals surface area contributed by atoms with Crippen LogP contribution in [0.5, 0.6) is 0 Å². The summed E-state index contributed by atoms with van der Waals surface area (Å²) >= 11 is 0. The van der Waals surface area contributed by atoms with E-state index in [1.807, 2.05) is 6.92 Å². The number of aromatic amines is 1. The Hall–Kier alpha value is -4.73. The summed E-state index contributed by atoms with van der Waals surface area (Å²) in [6, 6.07) is 11.5. The summed E-state index contributed by atoms with van der Waals surface area (Å²) in [5.74, 6) is -1.79. The molecule has 2 N–H and O–H groups in total. The Morgan fingerprint density at radius 1 is 1.03 bits per heavy atom. The highest BCUT2D eigenvalue weighted by molar-refractivity contribution is 6.08. The number of furan rings is 1. The molecule has 0 amide bonds. The van der Waals surface area contributed by atoms with E-state index in [1.165, 1.54) is 42.5 Å². The fraction of sp³-hybridized carbons (Fsp3) is 0.125. The molecular weight excluding hydrogens is 442 g/mol. The molecule has 0 aliphatic rings. The molecule has 0 fully saturated rings. The number of carbonyl (C=O) groups is 2.